The summed E-state index contributed by atoms with van der Waals surface area (Å²) >= 11 is 0. The molecule has 2 aliphatic rings. The molecule has 0 amide bonds. The standard InChI is InChI=1S/C13H15FO3/c1-16-9-5-13(6-9)7-11(15)10-4-8(14)2-3-12(10)17-13/h2-4,9,11,15H,5-7H2,1H3/t9?,11-,13?/m0/s1. The quantitative estimate of drug-likeness (QED) is 0.815. The number of aliphatic hydroxyl groups is 1. The third-order valence-electron chi connectivity index (χ3n) is 3.76. The molecule has 1 spiro atoms. The molecule has 1 atom stereocenters. The summed E-state index contributed by atoms with van der Waals surface area (Å²) < 4.78 is 24.2. The van der Waals surface area contributed by atoms with E-state index < -0.39 is 6.10 Å². The molecule has 1 saturated carbocycles. The lowest BCUT2D eigenvalue weighted by Crippen LogP contribution is -2.54. The highest BCUT2D eigenvalue weighted by Crippen LogP contribution is 2.49. The van der Waals surface area contributed by atoms with Gasteiger partial charge in [-0.2, -0.15) is 0 Å². The number of halogens is 1. The van der Waals surface area contributed by atoms with Gasteiger partial charge in [0.15, 0.2) is 0 Å². The second-order valence-electron chi connectivity index (χ2n) is 4.95. The zero-order valence-corrected chi connectivity index (χ0v) is 9.65. The molecule has 1 N–H and O–H groups in total. The fourth-order valence-corrected chi connectivity index (χ4v) is 2.80. The topological polar surface area (TPSA) is 38.7 Å². The van der Waals surface area contributed by atoms with Crippen molar-refractivity contribution in [2.75, 3.05) is 7.11 Å². The Hall–Kier alpha value is -1.13. The Bertz CT molecular complexity index is 440. The SMILES string of the molecule is COC1CC2(C1)C[C@H](O)c1cc(F)ccc1O2. The smallest absolute Gasteiger partial charge is 0.126 e. The fraction of sp³-hybridized carbons (Fsp3) is 0.538. The number of methoxy groups -OCH3 is 1. The van der Waals surface area contributed by atoms with Gasteiger partial charge in [0, 0.05) is 31.9 Å². The molecule has 0 saturated heterocycles. The largest absolute Gasteiger partial charge is 0.487 e. The first kappa shape index (κ1) is 11.0. The predicted molar refractivity (Wildman–Crippen MR) is 59.4 cm³/mol. The zero-order chi connectivity index (χ0) is 12.0. The number of benzene rings is 1. The van der Waals surface area contributed by atoms with Crippen molar-refractivity contribution in [2.24, 2.45) is 0 Å². The van der Waals surface area contributed by atoms with Crippen molar-refractivity contribution >= 4 is 0 Å². The van der Waals surface area contributed by atoms with Gasteiger partial charge in [-0.15, -0.1) is 0 Å². The summed E-state index contributed by atoms with van der Waals surface area (Å²) in [6.07, 6.45) is 1.66. The van der Waals surface area contributed by atoms with Gasteiger partial charge in [0.05, 0.1) is 12.2 Å². The molecule has 0 bridgehead atoms. The van der Waals surface area contributed by atoms with Crippen molar-refractivity contribution in [3.8, 4) is 5.75 Å². The molecule has 3 nitrogen and oxygen atoms in total. The lowest BCUT2D eigenvalue weighted by Gasteiger charge is -2.50. The van der Waals surface area contributed by atoms with E-state index in [0.717, 1.165) is 12.8 Å². The molecule has 4 heteroatoms. The van der Waals surface area contributed by atoms with E-state index in [-0.39, 0.29) is 17.5 Å². The highest BCUT2D eigenvalue weighted by molar-refractivity contribution is 5.39. The molecule has 1 aliphatic heterocycles. The Balaban J connectivity index is 1.87. The van der Waals surface area contributed by atoms with Crippen LogP contribution in [0.5, 0.6) is 5.75 Å². The molecule has 1 fully saturated rings. The summed E-state index contributed by atoms with van der Waals surface area (Å²) in [5.41, 5.74) is 0.238. The van der Waals surface area contributed by atoms with E-state index in [1.807, 2.05) is 0 Å². The molecule has 1 heterocycles. The van der Waals surface area contributed by atoms with Gasteiger partial charge in [0.25, 0.3) is 0 Å². The molecule has 1 aromatic carbocycles. The van der Waals surface area contributed by atoms with Crippen molar-refractivity contribution in [3.05, 3.63) is 29.6 Å². The number of rotatable bonds is 1. The Kier molecular flexibility index (Phi) is 2.38. The molecule has 1 aromatic rings. The van der Waals surface area contributed by atoms with Crippen LogP contribution in [0.2, 0.25) is 0 Å². The average molecular weight is 238 g/mol. The van der Waals surface area contributed by atoms with E-state index in [4.69, 9.17) is 9.47 Å². The van der Waals surface area contributed by atoms with Crippen LogP contribution < -0.4 is 4.74 Å². The van der Waals surface area contributed by atoms with Crippen LogP contribution in [0.1, 0.15) is 30.9 Å². The van der Waals surface area contributed by atoms with Crippen LogP contribution >= 0.6 is 0 Å². The monoisotopic (exact) mass is 238 g/mol. The molecule has 92 valence electrons. The van der Waals surface area contributed by atoms with Crippen LogP contribution in [0.4, 0.5) is 4.39 Å². The van der Waals surface area contributed by atoms with Crippen LogP contribution in [0, 0.1) is 5.82 Å². The zero-order valence-electron chi connectivity index (χ0n) is 9.65. The summed E-state index contributed by atoms with van der Waals surface area (Å²) in [6.45, 7) is 0. The van der Waals surface area contributed by atoms with Crippen LogP contribution in [0.25, 0.3) is 0 Å². The second-order valence-corrected chi connectivity index (χ2v) is 4.95. The highest BCUT2D eigenvalue weighted by Gasteiger charge is 2.50. The maximum atomic E-state index is 13.1. The minimum atomic E-state index is -0.646. The Morgan fingerprint density at radius 1 is 1.41 bits per heavy atom. The summed E-state index contributed by atoms with van der Waals surface area (Å²) in [5, 5.41) is 10.1. The lowest BCUT2D eigenvalue weighted by atomic mass is 9.71. The first-order chi connectivity index (χ1) is 8.12. The van der Waals surface area contributed by atoms with E-state index in [1.54, 1.807) is 13.2 Å². The van der Waals surface area contributed by atoms with E-state index in [9.17, 15) is 9.50 Å². The summed E-state index contributed by atoms with van der Waals surface area (Å²) in [6, 6.07) is 4.30. The molecular weight excluding hydrogens is 223 g/mol. The summed E-state index contributed by atoms with van der Waals surface area (Å²) in [4.78, 5) is 0. The first-order valence-corrected chi connectivity index (χ1v) is 5.81. The number of hydrogen-bond donors (Lipinski definition) is 1. The van der Waals surface area contributed by atoms with Gasteiger partial charge >= 0.3 is 0 Å². The third-order valence-corrected chi connectivity index (χ3v) is 3.76. The number of hydrogen-bond acceptors (Lipinski definition) is 3. The fourth-order valence-electron chi connectivity index (χ4n) is 2.80. The van der Waals surface area contributed by atoms with Crippen LogP contribution in [0.3, 0.4) is 0 Å². The van der Waals surface area contributed by atoms with Gasteiger partial charge in [-0.05, 0) is 18.2 Å². The average Bonchev–Trinajstić information content (AvgIpc) is 2.26. The van der Waals surface area contributed by atoms with Gasteiger partial charge in [-0.3, -0.25) is 0 Å². The maximum absolute atomic E-state index is 13.1. The predicted octanol–water partition coefficient (Wildman–Crippen LogP) is 2.19. The Labute approximate surface area is 99.2 Å². The van der Waals surface area contributed by atoms with E-state index in [1.165, 1.54) is 12.1 Å². The minimum absolute atomic E-state index is 0.212. The summed E-state index contributed by atoms with van der Waals surface area (Å²) in [7, 11) is 1.68. The van der Waals surface area contributed by atoms with Gasteiger partial charge in [0.1, 0.15) is 17.2 Å². The van der Waals surface area contributed by atoms with Crippen molar-refractivity contribution < 1.29 is 19.0 Å². The van der Waals surface area contributed by atoms with E-state index >= 15 is 0 Å². The molecule has 0 unspecified atom stereocenters. The third kappa shape index (κ3) is 1.72. The molecule has 3 rings (SSSR count). The van der Waals surface area contributed by atoms with Crippen molar-refractivity contribution in [2.45, 2.75) is 37.1 Å². The van der Waals surface area contributed by atoms with Gasteiger partial charge < -0.3 is 14.6 Å². The minimum Gasteiger partial charge on any atom is -0.487 e. The van der Waals surface area contributed by atoms with Gasteiger partial charge in [-0.25, -0.2) is 4.39 Å². The van der Waals surface area contributed by atoms with E-state index in [2.05, 4.69) is 0 Å². The van der Waals surface area contributed by atoms with Gasteiger partial charge in [-0.1, -0.05) is 0 Å². The number of aliphatic hydroxyl groups excluding tert-OH is 1. The number of ether oxygens (including phenoxy) is 2. The number of fused-ring (bicyclic) bond motifs is 1. The van der Waals surface area contributed by atoms with Crippen molar-refractivity contribution in [1.82, 2.24) is 0 Å². The van der Waals surface area contributed by atoms with Gasteiger partial charge in [0.2, 0.25) is 0 Å². The Morgan fingerprint density at radius 3 is 2.88 bits per heavy atom. The highest BCUT2D eigenvalue weighted by atomic mass is 19.1. The molecular formula is C13H15FO3. The molecule has 1 aliphatic carbocycles. The molecule has 0 aromatic heterocycles. The maximum Gasteiger partial charge on any atom is 0.126 e. The summed E-state index contributed by atoms with van der Waals surface area (Å²) in [5.74, 6) is 0.255. The second kappa shape index (κ2) is 3.68. The normalized spacial score (nSPS) is 35.0. The van der Waals surface area contributed by atoms with Crippen molar-refractivity contribution in [1.29, 1.82) is 0 Å². The first-order valence-electron chi connectivity index (χ1n) is 5.81. The van der Waals surface area contributed by atoms with Crippen LogP contribution in [0.15, 0.2) is 18.2 Å². The van der Waals surface area contributed by atoms with Crippen LogP contribution in [-0.2, 0) is 4.74 Å². The molecule has 17 heavy (non-hydrogen) atoms. The lowest BCUT2D eigenvalue weighted by molar-refractivity contribution is -0.139. The van der Waals surface area contributed by atoms with E-state index in [0.29, 0.717) is 17.7 Å². The van der Waals surface area contributed by atoms with Crippen LogP contribution in [-0.4, -0.2) is 23.9 Å². The Morgan fingerprint density at radius 2 is 2.18 bits per heavy atom. The van der Waals surface area contributed by atoms with Crippen molar-refractivity contribution in [3.63, 3.8) is 0 Å². The molecule has 0 radical (unpaired) electrons.